The first-order valence-electron chi connectivity index (χ1n) is 6.11. The van der Waals surface area contributed by atoms with E-state index in [0.29, 0.717) is 0 Å². The molecule has 1 heterocycles. The van der Waals surface area contributed by atoms with E-state index >= 15 is 0 Å². The second-order valence-electron chi connectivity index (χ2n) is 4.46. The number of piperazine rings is 1. The van der Waals surface area contributed by atoms with E-state index in [9.17, 15) is 24.1 Å². The Kier molecular flexibility index (Phi) is 4.01. The van der Waals surface area contributed by atoms with Gasteiger partial charge in [0.25, 0.3) is 0 Å². The van der Waals surface area contributed by atoms with Gasteiger partial charge in [0.1, 0.15) is 11.7 Å². The van der Waals surface area contributed by atoms with Crippen LogP contribution in [0.2, 0.25) is 0 Å². The van der Waals surface area contributed by atoms with Crippen LogP contribution in [-0.2, 0) is 9.59 Å². The van der Waals surface area contributed by atoms with Gasteiger partial charge in [-0.2, -0.15) is 4.39 Å². The van der Waals surface area contributed by atoms with Crippen LogP contribution in [0.15, 0.2) is 18.2 Å². The molecule has 9 heteroatoms. The third kappa shape index (κ3) is 2.91. The van der Waals surface area contributed by atoms with Gasteiger partial charge in [0.05, 0.1) is 11.3 Å². The molecule has 0 bridgehead atoms. The second-order valence-corrected chi connectivity index (χ2v) is 4.46. The van der Waals surface area contributed by atoms with Crippen molar-refractivity contribution in [2.75, 3.05) is 18.0 Å². The lowest BCUT2D eigenvalue weighted by atomic mass is 10.1. The normalized spacial score (nSPS) is 18.2. The minimum absolute atomic E-state index is 0.0962. The van der Waals surface area contributed by atoms with Gasteiger partial charge >= 0.3 is 11.7 Å². The number of anilines is 1. The van der Waals surface area contributed by atoms with E-state index in [2.05, 4.69) is 5.32 Å². The number of rotatable bonds is 4. The number of nitrogens with zero attached hydrogens (tertiary/aromatic N) is 2. The molecule has 1 aromatic rings. The van der Waals surface area contributed by atoms with E-state index < -0.39 is 40.8 Å². The van der Waals surface area contributed by atoms with E-state index in [-0.39, 0.29) is 18.8 Å². The summed E-state index contributed by atoms with van der Waals surface area (Å²) in [4.78, 5) is 34.1. The van der Waals surface area contributed by atoms with Gasteiger partial charge in [-0.05, 0) is 12.1 Å². The summed E-state index contributed by atoms with van der Waals surface area (Å²) in [7, 11) is 0. The molecule has 8 nitrogen and oxygen atoms in total. The quantitative estimate of drug-likeness (QED) is 0.618. The van der Waals surface area contributed by atoms with Gasteiger partial charge in [0, 0.05) is 13.1 Å². The molecular formula is C12H12FN3O5. The summed E-state index contributed by atoms with van der Waals surface area (Å²) in [5, 5.41) is 22.4. The number of aliphatic carboxylic acids is 1. The molecule has 2 rings (SSSR count). The molecule has 0 aromatic heterocycles. The smallest absolute Gasteiger partial charge is 0.327 e. The Morgan fingerprint density at radius 1 is 1.57 bits per heavy atom. The predicted molar refractivity (Wildman–Crippen MR) is 69.5 cm³/mol. The Bertz CT molecular complexity index is 607. The molecule has 1 unspecified atom stereocenters. The summed E-state index contributed by atoms with van der Waals surface area (Å²) >= 11 is 0. The van der Waals surface area contributed by atoms with Crippen molar-refractivity contribution in [2.24, 2.45) is 0 Å². The first-order valence-corrected chi connectivity index (χ1v) is 6.11. The first-order chi connectivity index (χ1) is 9.91. The lowest BCUT2D eigenvalue weighted by molar-refractivity contribution is -0.386. The fraction of sp³-hybridized carbons (Fsp3) is 0.333. The molecule has 1 fully saturated rings. The molecule has 1 amide bonds. The maximum Gasteiger partial charge on any atom is 0.327 e. The highest BCUT2D eigenvalue weighted by molar-refractivity contribution is 5.91. The molecule has 1 aliphatic heterocycles. The maximum atomic E-state index is 13.7. The number of benzene rings is 1. The summed E-state index contributed by atoms with van der Waals surface area (Å²) in [5.74, 6) is -2.80. The van der Waals surface area contributed by atoms with Crippen molar-refractivity contribution >= 4 is 23.3 Å². The topological polar surface area (TPSA) is 113 Å². The Morgan fingerprint density at radius 3 is 2.90 bits per heavy atom. The van der Waals surface area contributed by atoms with Gasteiger partial charge in [-0.1, -0.05) is 6.07 Å². The second kappa shape index (κ2) is 5.73. The lowest BCUT2D eigenvalue weighted by Gasteiger charge is -2.35. The molecule has 1 aliphatic rings. The number of halogens is 1. The number of carboxylic acid groups (broad SMARTS) is 1. The number of nitrogens with one attached hydrogen (secondary N) is 1. The van der Waals surface area contributed by atoms with Crippen molar-refractivity contribution in [2.45, 2.75) is 12.5 Å². The summed E-state index contributed by atoms with van der Waals surface area (Å²) in [6.07, 6.45) is -0.528. The number of hydrogen-bond acceptors (Lipinski definition) is 5. The van der Waals surface area contributed by atoms with Crippen LogP contribution >= 0.6 is 0 Å². The molecule has 1 aromatic carbocycles. The zero-order valence-corrected chi connectivity index (χ0v) is 10.8. The maximum absolute atomic E-state index is 13.7. The molecule has 112 valence electrons. The zero-order valence-electron chi connectivity index (χ0n) is 10.8. The van der Waals surface area contributed by atoms with Gasteiger partial charge < -0.3 is 15.3 Å². The molecule has 2 N–H and O–H groups in total. The average Bonchev–Trinajstić information content (AvgIpc) is 2.40. The molecule has 0 saturated carbocycles. The van der Waals surface area contributed by atoms with Crippen molar-refractivity contribution < 1.29 is 24.0 Å². The van der Waals surface area contributed by atoms with E-state index in [1.165, 1.54) is 17.0 Å². The summed E-state index contributed by atoms with van der Waals surface area (Å²) in [6, 6.07) is 2.41. The molecule has 0 radical (unpaired) electrons. The van der Waals surface area contributed by atoms with E-state index in [1.54, 1.807) is 0 Å². The van der Waals surface area contributed by atoms with Crippen LogP contribution in [0, 0.1) is 15.9 Å². The highest BCUT2D eigenvalue weighted by Gasteiger charge is 2.36. The third-order valence-electron chi connectivity index (χ3n) is 3.16. The van der Waals surface area contributed by atoms with Crippen molar-refractivity contribution in [3.63, 3.8) is 0 Å². The number of para-hydroxylation sites is 1. The van der Waals surface area contributed by atoms with Crippen molar-refractivity contribution in [1.29, 1.82) is 0 Å². The Labute approximate surface area is 118 Å². The minimum atomic E-state index is -1.22. The highest BCUT2D eigenvalue weighted by Crippen LogP contribution is 2.33. The van der Waals surface area contributed by atoms with E-state index in [0.717, 1.165) is 6.07 Å². The fourth-order valence-corrected chi connectivity index (χ4v) is 2.29. The molecule has 1 saturated heterocycles. The van der Waals surface area contributed by atoms with Gasteiger partial charge in [-0.15, -0.1) is 0 Å². The van der Waals surface area contributed by atoms with Crippen LogP contribution in [0.4, 0.5) is 15.8 Å². The van der Waals surface area contributed by atoms with Crippen molar-refractivity contribution in [3.05, 3.63) is 34.1 Å². The van der Waals surface area contributed by atoms with Crippen LogP contribution in [0.5, 0.6) is 0 Å². The minimum Gasteiger partial charge on any atom is -0.481 e. The van der Waals surface area contributed by atoms with Gasteiger partial charge in [0.2, 0.25) is 11.7 Å². The van der Waals surface area contributed by atoms with Gasteiger partial charge in [0.15, 0.2) is 0 Å². The van der Waals surface area contributed by atoms with Crippen LogP contribution in [-0.4, -0.2) is 41.0 Å². The fourth-order valence-electron chi connectivity index (χ4n) is 2.29. The number of amides is 1. The van der Waals surface area contributed by atoms with Crippen molar-refractivity contribution in [3.8, 4) is 0 Å². The molecule has 1 atom stereocenters. The molecule has 21 heavy (non-hydrogen) atoms. The number of carbonyl (C=O) groups excluding carboxylic acids is 1. The van der Waals surface area contributed by atoms with Gasteiger partial charge in [-0.25, -0.2) is 0 Å². The first kappa shape index (κ1) is 14.7. The van der Waals surface area contributed by atoms with Crippen LogP contribution in [0.3, 0.4) is 0 Å². The largest absolute Gasteiger partial charge is 0.481 e. The standard InChI is InChI=1S/C12H12FN3O5/c13-7-2-1-3-8(11(7)16(20)21)15-5-4-14-12(19)9(15)6-10(17)18/h1-3,9H,4-6H2,(H,14,19)(H,17,18). The number of hydrogen-bond donors (Lipinski definition) is 2. The van der Waals surface area contributed by atoms with Crippen LogP contribution in [0.25, 0.3) is 0 Å². The van der Waals surface area contributed by atoms with E-state index in [4.69, 9.17) is 5.11 Å². The lowest BCUT2D eigenvalue weighted by Crippen LogP contribution is -2.56. The Balaban J connectivity index is 2.47. The monoisotopic (exact) mass is 297 g/mol. The van der Waals surface area contributed by atoms with Crippen LogP contribution < -0.4 is 10.2 Å². The summed E-state index contributed by atoms with van der Waals surface area (Å²) in [6.45, 7) is 0.358. The van der Waals surface area contributed by atoms with Crippen molar-refractivity contribution in [1.82, 2.24) is 5.32 Å². The third-order valence-corrected chi connectivity index (χ3v) is 3.16. The van der Waals surface area contributed by atoms with Crippen LogP contribution in [0.1, 0.15) is 6.42 Å². The molecule has 0 aliphatic carbocycles. The highest BCUT2D eigenvalue weighted by atomic mass is 19.1. The Morgan fingerprint density at radius 2 is 2.29 bits per heavy atom. The summed E-state index contributed by atoms with van der Waals surface area (Å²) < 4.78 is 13.7. The number of nitro benzene ring substituents is 1. The SMILES string of the molecule is O=C(O)CC1C(=O)NCCN1c1cccc(F)c1[N+](=O)[O-]. The Hall–Kier alpha value is -2.71. The summed E-state index contributed by atoms with van der Waals surface area (Å²) in [5.41, 5.74) is -0.858. The molecule has 0 spiro atoms. The van der Waals surface area contributed by atoms with Gasteiger partial charge in [-0.3, -0.25) is 19.7 Å². The average molecular weight is 297 g/mol. The number of carbonyl (C=O) groups is 2. The number of nitro groups is 1. The zero-order chi connectivity index (χ0) is 15.6. The predicted octanol–water partition coefficient (Wildman–Crippen LogP) is 0.513. The molecular weight excluding hydrogens is 285 g/mol. The van der Waals surface area contributed by atoms with E-state index in [1.807, 2.05) is 0 Å². The number of carboxylic acids is 1.